The fraction of sp³-hybridized carbons (Fsp3) is 0. The molecule has 4 rings (SSSR count). The van der Waals surface area contributed by atoms with Crippen molar-refractivity contribution in [2.24, 2.45) is 0 Å². The van der Waals surface area contributed by atoms with Crippen LogP contribution >= 0.6 is 22.7 Å². The third kappa shape index (κ3) is 1.98. The molecule has 0 atom stereocenters. The number of benzene rings is 2. The zero-order chi connectivity index (χ0) is 13.4. The molecule has 0 aliphatic heterocycles. The van der Waals surface area contributed by atoms with Gasteiger partial charge in [-0.25, -0.2) is 0 Å². The molecule has 2 aromatic heterocycles. The average molecular weight is 292 g/mol. The average Bonchev–Trinajstić information content (AvgIpc) is 3.09. The van der Waals surface area contributed by atoms with Gasteiger partial charge in [0.15, 0.2) is 0 Å². The molecule has 2 heterocycles. The van der Waals surface area contributed by atoms with Gasteiger partial charge in [0, 0.05) is 9.40 Å². The molecule has 96 valence electrons. The second-order valence-electron chi connectivity index (χ2n) is 4.71. The summed E-state index contributed by atoms with van der Waals surface area (Å²) in [6.07, 6.45) is 4.46. The van der Waals surface area contributed by atoms with Gasteiger partial charge in [0.2, 0.25) is 0 Å². The summed E-state index contributed by atoms with van der Waals surface area (Å²) in [6.45, 7) is 0. The molecule has 0 bridgehead atoms. The van der Waals surface area contributed by atoms with Gasteiger partial charge in [-0.15, -0.1) is 22.7 Å². The molecule has 0 fully saturated rings. The fourth-order valence-electron chi connectivity index (χ4n) is 2.43. The standard InChI is InChI=1S/C18H12S2/c1-3-7-17-15(5-1)13(11-19-17)9-10-14-12-20-18-8-4-2-6-16(14)18/h1-12H/b10-9+. The summed E-state index contributed by atoms with van der Waals surface area (Å²) >= 11 is 3.61. The van der Waals surface area contributed by atoms with Crippen molar-refractivity contribution < 1.29 is 0 Å². The molecule has 0 aliphatic carbocycles. The Kier molecular flexibility index (Phi) is 2.91. The van der Waals surface area contributed by atoms with Crippen molar-refractivity contribution in [3.8, 4) is 0 Å². The highest BCUT2D eigenvalue weighted by atomic mass is 32.1. The van der Waals surface area contributed by atoms with Crippen molar-refractivity contribution in [3.63, 3.8) is 0 Å². The van der Waals surface area contributed by atoms with Crippen molar-refractivity contribution >= 4 is 55.0 Å². The van der Waals surface area contributed by atoms with E-state index in [2.05, 4.69) is 71.4 Å². The first-order chi connectivity index (χ1) is 9.92. The summed E-state index contributed by atoms with van der Waals surface area (Å²) < 4.78 is 2.70. The Labute approximate surface area is 125 Å². The molecule has 0 nitrogen and oxygen atoms in total. The Bertz CT molecular complexity index is 833. The first-order valence-electron chi connectivity index (χ1n) is 6.52. The fourth-order valence-corrected chi connectivity index (χ4v) is 4.29. The Morgan fingerprint density at radius 2 is 1.05 bits per heavy atom. The lowest BCUT2D eigenvalue weighted by Crippen LogP contribution is -1.69. The number of hydrogen-bond acceptors (Lipinski definition) is 2. The van der Waals surface area contributed by atoms with Crippen molar-refractivity contribution in [1.82, 2.24) is 0 Å². The van der Waals surface area contributed by atoms with Crippen LogP contribution in [-0.4, -0.2) is 0 Å². The minimum Gasteiger partial charge on any atom is -0.143 e. The van der Waals surface area contributed by atoms with E-state index in [9.17, 15) is 0 Å². The smallest absolute Gasteiger partial charge is 0.0348 e. The lowest BCUT2D eigenvalue weighted by Gasteiger charge is -1.93. The highest BCUT2D eigenvalue weighted by molar-refractivity contribution is 7.17. The minimum absolute atomic E-state index is 1.31. The summed E-state index contributed by atoms with van der Waals surface area (Å²) in [5, 5.41) is 7.15. The van der Waals surface area contributed by atoms with Gasteiger partial charge in [-0.1, -0.05) is 48.6 Å². The van der Waals surface area contributed by atoms with Crippen LogP contribution in [0, 0.1) is 0 Å². The Balaban J connectivity index is 1.78. The predicted molar refractivity (Wildman–Crippen MR) is 92.6 cm³/mol. The molecular weight excluding hydrogens is 280 g/mol. The molecular formula is C18H12S2. The number of thiophene rings is 2. The molecule has 0 unspecified atom stereocenters. The maximum atomic E-state index is 2.23. The van der Waals surface area contributed by atoms with E-state index in [1.165, 1.54) is 31.3 Å². The molecule has 0 amide bonds. The molecule has 0 saturated carbocycles. The molecule has 0 spiro atoms. The third-order valence-corrected chi connectivity index (χ3v) is 5.43. The normalized spacial score (nSPS) is 11.8. The predicted octanol–water partition coefficient (Wildman–Crippen LogP) is 6.29. The first-order valence-corrected chi connectivity index (χ1v) is 8.28. The molecule has 2 heteroatoms. The molecule has 0 aliphatic rings. The van der Waals surface area contributed by atoms with Crippen LogP contribution in [0.1, 0.15) is 11.1 Å². The summed E-state index contributed by atoms with van der Waals surface area (Å²) in [4.78, 5) is 0. The molecule has 0 N–H and O–H groups in total. The van der Waals surface area contributed by atoms with Gasteiger partial charge in [0.25, 0.3) is 0 Å². The van der Waals surface area contributed by atoms with E-state index in [1.54, 1.807) is 22.7 Å². The van der Waals surface area contributed by atoms with E-state index >= 15 is 0 Å². The summed E-state index contributed by atoms with van der Waals surface area (Å²) in [5.41, 5.74) is 2.61. The molecule has 0 saturated heterocycles. The van der Waals surface area contributed by atoms with Crippen LogP contribution in [0.15, 0.2) is 59.3 Å². The van der Waals surface area contributed by atoms with Crippen LogP contribution in [0.2, 0.25) is 0 Å². The number of rotatable bonds is 2. The van der Waals surface area contributed by atoms with Crippen LogP contribution in [0.25, 0.3) is 32.3 Å². The van der Waals surface area contributed by atoms with E-state index in [-0.39, 0.29) is 0 Å². The van der Waals surface area contributed by atoms with Gasteiger partial charge in [-0.05, 0) is 44.8 Å². The lowest BCUT2D eigenvalue weighted by molar-refractivity contribution is 1.82. The van der Waals surface area contributed by atoms with Crippen LogP contribution in [0.3, 0.4) is 0 Å². The van der Waals surface area contributed by atoms with E-state index in [0.717, 1.165) is 0 Å². The lowest BCUT2D eigenvalue weighted by atomic mass is 10.1. The molecule has 20 heavy (non-hydrogen) atoms. The second kappa shape index (κ2) is 4.89. The van der Waals surface area contributed by atoms with Gasteiger partial charge >= 0.3 is 0 Å². The summed E-state index contributed by atoms with van der Waals surface area (Å²) in [7, 11) is 0. The van der Waals surface area contributed by atoms with Gasteiger partial charge in [-0.3, -0.25) is 0 Å². The van der Waals surface area contributed by atoms with Crippen molar-refractivity contribution in [2.75, 3.05) is 0 Å². The third-order valence-electron chi connectivity index (χ3n) is 3.46. The Hall–Kier alpha value is -1.90. The van der Waals surface area contributed by atoms with Crippen molar-refractivity contribution in [3.05, 3.63) is 70.4 Å². The van der Waals surface area contributed by atoms with E-state index in [4.69, 9.17) is 0 Å². The van der Waals surface area contributed by atoms with Crippen LogP contribution in [0.5, 0.6) is 0 Å². The molecule has 0 radical (unpaired) electrons. The monoisotopic (exact) mass is 292 g/mol. The maximum Gasteiger partial charge on any atom is 0.0348 e. The zero-order valence-electron chi connectivity index (χ0n) is 10.7. The van der Waals surface area contributed by atoms with Gasteiger partial charge in [-0.2, -0.15) is 0 Å². The van der Waals surface area contributed by atoms with Gasteiger partial charge in [0.05, 0.1) is 0 Å². The van der Waals surface area contributed by atoms with Crippen LogP contribution in [0.4, 0.5) is 0 Å². The van der Waals surface area contributed by atoms with E-state index < -0.39 is 0 Å². The molecule has 2 aromatic carbocycles. The zero-order valence-corrected chi connectivity index (χ0v) is 12.4. The van der Waals surface area contributed by atoms with E-state index in [1.807, 2.05) is 0 Å². The highest BCUT2D eigenvalue weighted by Crippen LogP contribution is 2.30. The number of hydrogen-bond donors (Lipinski definition) is 0. The minimum atomic E-state index is 1.31. The Morgan fingerprint density at radius 1 is 0.600 bits per heavy atom. The van der Waals surface area contributed by atoms with Gasteiger partial charge in [0.1, 0.15) is 0 Å². The first kappa shape index (κ1) is 11.9. The van der Waals surface area contributed by atoms with Crippen molar-refractivity contribution in [2.45, 2.75) is 0 Å². The largest absolute Gasteiger partial charge is 0.143 e. The Morgan fingerprint density at radius 3 is 1.55 bits per heavy atom. The molecule has 4 aromatic rings. The topological polar surface area (TPSA) is 0 Å². The maximum absolute atomic E-state index is 2.23. The highest BCUT2D eigenvalue weighted by Gasteiger charge is 2.02. The second-order valence-corrected chi connectivity index (χ2v) is 6.53. The quantitative estimate of drug-likeness (QED) is 0.407. The van der Waals surface area contributed by atoms with Crippen molar-refractivity contribution in [1.29, 1.82) is 0 Å². The summed E-state index contributed by atoms with van der Waals surface area (Å²) in [5.74, 6) is 0. The van der Waals surface area contributed by atoms with Gasteiger partial charge < -0.3 is 0 Å². The van der Waals surface area contributed by atoms with E-state index in [0.29, 0.717) is 0 Å². The summed E-state index contributed by atoms with van der Waals surface area (Å²) in [6, 6.07) is 17.1. The number of fused-ring (bicyclic) bond motifs is 2. The SMILES string of the molecule is C(=C\c1csc2ccccc12)/c1csc2ccccc12. The van der Waals surface area contributed by atoms with Crippen LogP contribution < -0.4 is 0 Å². The van der Waals surface area contributed by atoms with Crippen LogP contribution in [-0.2, 0) is 0 Å².